The lowest BCUT2D eigenvalue weighted by Crippen LogP contribution is -2.50. The SMILES string of the molecule is CC(C)CN1C(=O)c2ccccc2C(C(=O)O)C1C. The maximum Gasteiger partial charge on any atom is 0.313 e. The van der Waals surface area contributed by atoms with E-state index in [1.807, 2.05) is 20.8 Å². The van der Waals surface area contributed by atoms with Gasteiger partial charge in [-0.2, -0.15) is 0 Å². The summed E-state index contributed by atoms with van der Waals surface area (Å²) in [6.07, 6.45) is 0. The highest BCUT2D eigenvalue weighted by molar-refractivity contribution is 6.00. The van der Waals surface area contributed by atoms with Gasteiger partial charge >= 0.3 is 5.97 Å². The fourth-order valence-electron chi connectivity index (χ4n) is 2.72. The van der Waals surface area contributed by atoms with Crippen LogP contribution >= 0.6 is 0 Å². The number of amides is 1. The van der Waals surface area contributed by atoms with Crippen LogP contribution in [0.1, 0.15) is 42.6 Å². The van der Waals surface area contributed by atoms with Gasteiger partial charge in [-0.25, -0.2) is 0 Å². The van der Waals surface area contributed by atoms with Gasteiger partial charge in [-0.1, -0.05) is 32.0 Å². The van der Waals surface area contributed by atoms with Crippen LogP contribution in [-0.4, -0.2) is 34.5 Å². The fourth-order valence-corrected chi connectivity index (χ4v) is 2.72. The van der Waals surface area contributed by atoms with E-state index in [1.54, 1.807) is 29.2 Å². The van der Waals surface area contributed by atoms with Gasteiger partial charge in [0.05, 0.1) is 0 Å². The molecule has 1 N–H and O–H groups in total. The highest BCUT2D eigenvalue weighted by atomic mass is 16.4. The van der Waals surface area contributed by atoms with Gasteiger partial charge < -0.3 is 10.0 Å². The van der Waals surface area contributed by atoms with E-state index in [4.69, 9.17) is 0 Å². The summed E-state index contributed by atoms with van der Waals surface area (Å²) in [5.41, 5.74) is 1.15. The van der Waals surface area contributed by atoms with Crippen LogP contribution in [0.15, 0.2) is 24.3 Å². The quantitative estimate of drug-likeness (QED) is 0.908. The van der Waals surface area contributed by atoms with Crippen LogP contribution in [0, 0.1) is 5.92 Å². The molecular weight excluding hydrogens is 242 g/mol. The van der Waals surface area contributed by atoms with Crippen molar-refractivity contribution in [3.05, 3.63) is 35.4 Å². The number of carbonyl (C=O) groups is 2. The van der Waals surface area contributed by atoms with Crippen LogP contribution in [0.25, 0.3) is 0 Å². The van der Waals surface area contributed by atoms with Gasteiger partial charge in [-0.05, 0) is 24.5 Å². The van der Waals surface area contributed by atoms with Gasteiger partial charge in [-0.3, -0.25) is 9.59 Å². The van der Waals surface area contributed by atoms with Crippen molar-refractivity contribution in [2.75, 3.05) is 6.54 Å². The molecule has 0 bridgehead atoms. The molecule has 1 heterocycles. The van der Waals surface area contributed by atoms with E-state index in [0.717, 1.165) is 0 Å². The van der Waals surface area contributed by atoms with Crippen molar-refractivity contribution in [2.24, 2.45) is 5.92 Å². The lowest BCUT2D eigenvalue weighted by molar-refractivity contribution is -0.140. The Kier molecular flexibility index (Phi) is 3.60. The first-order valence-electron chi connectivity index (χ1n) is 6.56. The molecule has 1 aromatic carbocycles. The second kappa shape index (κ2) is 5.03. The zero-order valence-corrected chi connectivity index (χ0v) is 11.5. The number of rotatable bonds is 3. The molecule has 4 heteroatoms. The average molecular weight is 261 g/mol. The van der Waals surface area contributed by atoms with Gasteiger partial charge in [0.2, 0.25) is 0 Å². The van der Waals surface area contributed by atoms with E-state index in [2.05, 4.69) is 0 Å². The van der Waals surface area contributed by atoms with Crippen molar-refractivity contribution >= 4 is 11.9 Å². The number of hydrogen-bond donors (Lipinski definition) is 1. The van der Waals surface area contributed by atoms with Gasteiger partial charge in [0, 0.05) is 18.2 Å². The minimum Gasteiger partial charge on any atom is -0.481 e. The highest BCUT2D eigenvalue weighted by Crippen LogP contribution is 2.33. The molecule has 0 radical (unpaired) electrons. The van der Waals surface area contributed by atoms with Crippen molar-refractivity contribution < 1.29 is 14.7 Å². The van der Waals surface area contributed by atoms with E-state index >= 15 is 0 Å². The molecule has 0 saturated heterocycles. The number of benzene rings is 1. The van der Waals surface area contributed by atoms with Crippen molar-refractivity contribution in [3.8, 4) is 0 Å². The molecule has 1 aromatic rings. The average Bonchev–Trinajstić information content (AvgIpc) is 2.34. The third kappa shape index (κ3) is 2.35. The van der Waals surface area contributed by atoms with Crippen LogP contribution in [-0.2, 0) is 4.79 Å². The summed E-state index contributed by atoms with van der Waals surface area (Å²) < 4.78 is 0. The second-order valence-corrected chi connectivity index (χ2v) is 5.50. The Morgan fingerprint density at radius 2 is 2.00 bits per heavy atom. The maximum absolute atomic E-state index is 12.5. The van der Waals surface area contributed by atoms with Crippen LogP contribution in [0.3, 0.4) is 0 Å². The summed E-state index contributed by atoms with van der Waals surface area (Å²) in [4.78, 5) is 25.7. The number of hydrogen-bond acceptors (Lipinski definition) is 2. The first kappa shape index (κ1) is 13.6. The number of fused-ring (bicyclic) bond motifs is 1. The normalized spacial score (nSPS) is 22.5. The Labute approximate surface area is 113 Å². The van der Waals surface area contributed by atoms with E-state index < -0.39 is 11.9 Å². The van der Waals surface area contributed by atoms with Gasteiger partial charge in [-0.15, -0.1) is 0 Å². The lowest BCUT2D eigenvalue weighted by atomic mass is 9.83. The number of carbonyl (C=O) groups excluding carboxylic acids is 1. The monoisotopic (exact) mass is 261 g/mol. The summed E-state index contributed by atoms with van der Waals surface area (Å²) in [5.74, 6) is -1.27. The molecule has 0 spiro atoms. The van der Waals surface area contributed by atoms with Gasteiger partial charge in [0.15, 0.2) is 0 Å². The summed E-state index contributed by atoms with van der Waals surface area (Å²) in [7, 11) is 0. The molecule has 0 aliphatic carbocycles. The van der Waals surface area contributed by atoms with Crippen LogP contribution in [0.5, 0.6) is 0 Å². The summed E-state index contributed by atoms with van der Waals surface area (Å²) >= 11 is 0. The Balaban J connectivity index is 2.50. The molecule has 1 amide bonds. The standard InChI is InChI=1S/C15H19NO3/c1-9(2)8-16-10(3)13(15(18)19)11-6-4-5-7-12(11)14(16)17/h4-7,9-10,13H,8H2,1-3H3,(H,18,19). The molecule has 4 nitrogen and oxygen atoms in total. The summed E-state index contributed by atoms with van der Waals surface area (Å²) in [5, 5.41) is 9.46. The zero-order chi connectivity index (χ0) is 14.2. The molecule has 0 aromatic heterocycles. The van der Waals surface area contributed by atoms with Crippen LogP contribution in [0.4, 0.5) is 0 Å². The first-order chi connectivity index (χ1) is 8.93. The second-order valence-electron chi connectivity index (χ2n) is 5.50. The third-order valence-electron chi connectivity index (χ3n) is 3.59. The molecule has 2 rings (SSSR count). The molecule has 2 unspecified atom stereocenters. The molecule has 102 valence electrons. The Hall–Kier alpha value is -1.84. The molecule has 2 atom stereocenters. The zero-order valence-electron chi connectivity index (χ0n) is 11.5. The fraction of sp³-hybridized carbons (Fsp3) is 0.467. The van der Waals surface area contributed by atoms with Gasteiger partial charge in [0.1, 0.15) is 5.92 Å². The predicted molar refractivity (Wildman–Crippen MR) is 72.2 cm³/mol. The predicted octanol–water partition coefficient (Wildman–Crippen LogP) is 2.36. The number of aliphatic carboxylic acids is 1. The van der Waals surface area contributed by atoms with Crippen LogP contribution in [0.2, 0.25) is 0 Å². The summed E-state index contributed by atoms with van der Waals surface area (Å²) in [6.45, 7) is 6.44. The van der Waals surface area contributed by atoms with Crippen LogP contribution < -0.4 is 0 Å². The molecule has 19 heavy (non-hydrogen) atoms. The van der Waals surface area contributed by atoms with Gasteiger partial charge in [0.25, 0.3) is 5.91 Å². The Bertz CT molecular complexity index is 510. The molecule has 1 aliphatic rings. The Morgan fingerprint density at radius 1 is 1.37 bits per heavy atom. The van der Waals surface area contributed by atoms with Crippen molar-refractivity contribution in [1.29, 1.82) is 0 Å². The van der Waals surface area contributed by atoms with Crippen molar-refractivity contribution in [3.63, 3.8) is 0 Å². The first-order valence-corrected chi connectivity index (χ1v) is 6.56. The maximum atomic E-state index is 12.5. The number of carboxylic acid groups (broad SMARTS) is 1. The van der Waals surface area contributed by atoms with Crippen molar-refractivity contribution in [2.45, 2.75) is 32.7 Å². The third-order valence-corrected chi connectivity index (χ3v) is 3.59. The number of nitrogens with zero attached hydrogens (tertiary/aromatic N) is 1. The molecule has 1 aliphatic heterocycles. The largest absolute Gasteiger partial charge is 0.481 e. The van der Waals surface area contributed by atoms with E-state index in [0.29, 0.717) is 23.6 Å². The van der Waals surface area contributed by atoms with Crippen molar-refractivity contribution in [1.82, 2.24) is 4.90 Å². The lowest BCUT2D eigenvalue weighted by Gasteiger charge is -2.39. The molecule has 0 saturated carbocycles. The van der Waals surface area contributed by atoms with E-state index in [-0.39, 0.29) is 11.9 Å². The minimum atomic E-state index is -0.874. The van der Waals surface area contributed by atoms with E-state index in [1.165, 1.54) is 0 Å². The summed E-state index contributed by atoms with van der Waals surface area (Å²) in [6, 6.07) is 6.70. The highest BCUT2D eigenvalue weighted by Gasteiger charge is 2.40. The molecular formula is C15H19NO3. The topological polar surface area (TPSA) is 57.6 Å². The van der Waals surface area contributed by atoms with E-state index in [9.17, 15) is 14.7 Å². The minimum absolute atomic E-state index is 0.0608. The Morgan fingerprint density at radius 3 is 2.58 bits per heavy atom. The molecule has 0 fully saturated rings. The smallest absolute Gasteiger partial charge is 0.313 e. The number of carboxylic acids is 1.